The lowest BCUT2D eigenvalue weighted by Gasteiger charge is -2.26. The van der Waals surface area contributed by atoms with Gasteiger partial charge in [-0.05, 0) is 31.6 Å². The molecule has 0 aliphatic heterocycles. The van der Waals surface area contributed by atoms with E-state index >= 15 is 0 Å². The van der Waals surface area contributed by atoms with Crippen LogP contribution in [0.5, 0.6) is 0 Å². The third kappa shape index (κ3) is 5.07. The lowest BCUT2D eigenvalue weighted by atomic mass is 9.90. The minimum absolute atomic E-state index is 0.0820. The fourth-order valence-electron chi connectivity index (χ4n) is 2.04. The summed E-state index contributed by atoms with van der Waals surface area (Å²) in [6.07, 6.45) is 5.94. The number of rotatable bonds is 6. The second-order valence-electron chi connectivity index (χ2n) is 6.11. The number of hydrogen-bond acceptors (Lipinski definition) is 2. The summed E-state index contributed by atoms with van der Waals surface area (Å²) in [6, 6.07) is 0.340. The second kappa shape index (κ2) is 6.39. The lowest BCUT2D eigenvalue weighted by Crippen LogP contribution is -2.47. The van der Waals surface area contributed by atoms with E-state index in [0.717, 1.165) is 25.8 Å². The number of carbonyl (C=O) groups is 1. The fourth-order valence-corrected chi connectivity index (χ4v) is 2.04. The van der Waals surface area contributed by atoms with Crippen molar-refractivity contribution in [3.8, 4) is 0 Å². The summed E-state index contributed by atoms with van der Waals surface area (Å²) in [6.45, 7) is 9.48. The van der Waals surface area contributed by atoms with E-state index < -0.39 is 0 Å². The Kier molecular flexibility index (Phi) is 5.44. The highest BCUT2D eigenvalue weighted by molar-refractivity contribution is 5.81. The summed E-state index contributed by atoms with van der Waals surface area (Å²) in [4.78, 5) is 11.9. The summed E-state index contributed by atoms with van der Waals surface area (Å²) < 4.78 is 0. The van der Waals surface area contributed by atoms with Gasteiger partial charge < -0.3 is 10.6 Å². The van der Waals surface area contributed by atoms with Gasteiger partial charge in [-0.25, -0.2) is 0 Å². The van der Waals surface area contributed by atoms with Gasteiger partial charge in [0, 0.05) is 12.6 Å². The van der Waals surface area contributed by atoms with Crippen LogP contribution in [0.15, 0.2) is 0 Å². The molecule has 0 aromatic heterocycles. The average Bonchev–Trinajstić information content (AvgIpc) is 2.78. The van der Waals surface area contributed by atoms with Crippen molar-refractivity contribution >= 4 is 5.91 Å². The average molecular weight is 240 g/mol. The third-order valence-corrected chi connectivity index (χ3v) is 3.94. The first-order valence-electron chi connectivity index (χ1n) is 6.98. The molecule has 100 valence electrons. The molecule has 0 heterocycles. The molecule has 1 amide bonds. The maximum absolute atomic E-state index is 11.9. The molecule has 1 aliphatic carbocycles. The van der Waals surface area contributed by atoms with Crippen LogP contribution in [0.2, 0.25) is 0 Å². The molecular weight excluding hydrogens is 212 g/mol. The largest absolute Gasteiger partial charge is 0.352 e. The van der Waals surface area contributed by atoms with Gasteiger partial charge in [0.05, 0.1) is 6.04 Å². The third-order valence-electron chi connectivity index (χ3n) is 3.94. The molecule has 3 nitrogen and oxygen atoms in total. The molecule has 0 aromatic rings. The molecule has 1 fully saturated rings. The summed E-state index contributed by atoms with van der Waals surface area (Å²) in [5, 5.41) is 6.47. The summed E-state index contributed by atoms with van der Waals surface area (Å²) in [5.74, 6) is 0.156. The topological polar surface area (TPSA) is 41.1 Å². The van der Waals surface area contributed by atoms with Crippen LogP contribution in [0.1, 0.15) is 59.8 Å². The summed E-state index contributed by atoms with van der Waals surface area (Å²) in [5.41, 5.74) is 0.266. The van der Waals surface area contributed by atoms with E-state index in [9.17, 15) is 4.79 Å². The number of hydrogen-bond donors (Lipinski definition) is 2. The van der Waals surface area contributed by atoms with Gasteiger partial charge in [0.2, 0.25) is 5.91 Å². The minimum atomic E-state index is -0.0820. The highest BCUT2D eigenvalue weighted by atomic mass is 16.2. The Balaban J connectivity index is 2.26. The second-order valence-corrected chi connectivity index (χ2v) is 6.11. The summed E-state index contributed by atoms with van der Waals surface area (Å²) >= 11 is 0. The molecule has 0 spiro atoms. The Bertz CT molecular complexity index is 245. The van der Waals surface area contributed by atoms with Crippen molar-refractivity contribution in [2.45, 2.75) is 71.9 Å². The summed E-state index contributed by atoms with van der Waals surface area (Å²) in [7, 11) is 0. The van der Waals surface area contributed by atoms with Gasteiger partial charge >= 0.3 is 0 Å². The molecule has 2 N–H and O–H groups in total. The zero-order valence-corrected chi connectivity index (χ0v) is 11.8. The molecule has 0 radical (unpaired) electrons. The van der Waals surface area contributed by atoms with Gasteiger partial charge in [-0.2, -0.15) is 0 Å². The zero-order valence-electron chi connectivity index (χ0n) is 11.8. The molecule has 0 bridgehead atoms. The van der Waals surface area contributed by atoms with E-state index in [-0.39, 0.29) is 17.4 Å². The van der Waals surface area contributed by atoms with Crippen LogP contribution in [0.3, 0.4) is 0 Å². The number of carbonyl (C=O) groups excluding carboxylic acids is 1. The Morgan fingerprint density at radius 3 is 2.47 bits per heavy atom. The van der Waals surface area contributed by atoms with E-state index in [2.05, 4.69) is 31.4 Å². The highest BCUT2D eigenvalue weighted by Gasteiger charge is 2.22. The van der Waals surface area contributed by atoms with Gasteiger partial charge in [0.25, 0.3) is 0 Å². The van der Waals surface area contributed by atoms with E-state index in [1.807, 2.05) is 6.92 Å². The first-order valence-corrected chi connectivity index (χ1v) is 6.98. The molecule has 1 rings (SSSR count). The number of amides is 1. The van der Waals surface area contributed by atoms with Gasteiger partial charge in [0.15, 0.2) is 0 Å². The van der Waals surface area contributed by atoms with Crippen molar-refractivity contribution < 1.29 is 4.79 Å². The molecule has 1 unspecified atom stereocenters. The lowest BCUT2D eigenvalue weighted by molar-refractivity contribution is -0.123. The molecule has 17 heavy (non-hydrogen) atoms. The first-order chi connectivity index (χ1) is 7.94. The molecular formula is C14H28N2O. The molecule has 1 atom stereocenters. The van der Waals surface area contributed by atoms with Crippen molar-refractivity contribution in [3.05, 3.63) is 0 Å². The smallest absolute Gasteiger partial charge is 0.237 e. The van der Waals surface area contributed by atoms with Crippen LogP contribution in [-0.2, 0) is 4.79 Å². The van der Waals surface area contributed by atoms with Gasteiger partial charge in [0.1, 0.15) is 0 Å². The molecule has 0 saturated heterocycles. The SMILES string of the molecule is CCC(C)(C)CNC(C)C(=O)NC1CCCC1. The highest BCUT2D eigenvalue weighted by Crippen LogP contribution is 2.19. The van der Waals surface area contributed by atoms with E-state index in [4.69, 9.17) is 0 Å². The Morgan fingerprint density at radius 1 is 1.35 bits per heavy atom. The van der Waals surface area contributed by atoms with Gasteiger partial charge in [-0.3, -0.25) is 4.79 Å². The van der Waals surface area contributed by atoms with Crippen LogP contribution in [0.4, 0.5) is 0 Å². The maximum atomic E-state index is 11.9. The van der Waals surface area contributed by atoms with Crippen LogP contribution in [0.25, 0.3) is 0 Å². The number of nitrogens with one attached hydrogen (secondary N) is 2. The monoisotopic (exact) mass is 240 g/mol. The standard InChI is InChI=1S/C14H28N2O/c1-5-14(3,4)10-15-11(2)13(17)16-12-8-6-7-9-12/h11-12,15H,5-10H2,1-4H3,(H,16,17). The fraction of sp³-hybridized carbons (Fsp3) is 0.929. The van der Waals surface area contributed by atoms with Crippen molar-refractivity contribution in [1.29, 1.82) is 0 Å². The normalized spacial score (nSPS) is 19.3. The van der Waals surface area contributed by atoms with Crippen LogP contribution in [0, 0.1) is 5.41 Å². The minimum Gasteiger partial charge on any atom is -0.352 e. The maximum Gasteiger partial charge on any atom is 0.237 e. The molecule has 1 aliphatic rings. The zero-order chi connectivity index (χ0) is 12.9. The van der Waals surface area contributed by atoms with Crippen molar-refractivity contribution in [1.82, 2.24) is 10.6 Å². The van der Waals surface area contributed by atoms with Crippen LogP contribution < -0.4 is 10.6 Å². The van der Waals surface area contributed by atoms with E-state index in [1.54, 1.807) is 0 Å². The predicted molar refractivity (Wildman–Crippen MR) is 71.9 cm³/mol. The Labute approximate surface area is 106 Å². The first kappa shape index (κ1) is 14.5. The van der Waals surface area contributed by atoms with Crippen molar-refractivity contribution in [2.75, 3.05) is 6.54 Å². The quantitative estimate of drug-likeness (QED) is 0.749. The Morgan fingerprint density at radius 2 is 1.94 bits per heavy atom. The van der Waals surface area contributed by atoms with Crippen LogP contribution >= 0.6 is 0 Å². The predicted octanol–water partition coefficient (Wildman–Crippen LogP) is 2.46. The molecule has 0 aromatic carbocycles. The van der Waals surface area contributed by atoms with E-state index in [1.165, 1.54) is 12.8 Å². The molecule has 1 saturated carbocycles. The van der Waals surface area contributed by atoms with E-state index in [0.29, 0.717) is 6.04 Å². The Hall–Kier alpha value is -0.570. The van der Waals surface area contributed by atoms with Gasteiger partial charge in [-0.15, -0.1) is 0 Å². The van der Waals surface area contributed by atoms with Crippen LogP contribution in [-0.4, -0.2) is 24.5 Å². The van der Waals surface area contributed by atoms with Crippen molar-refractivity contribution in [2.24, 2.45) is 5.41 Å². The van der Waals surface area contributed by atoms with Gasteiger partial charge in [-0.1, -0.05) is 33.6 Å². The molecule has 3 heteroatoms. The van der Waals surface area contributed by atoms with Crippen molar-refractivity contribution in [3.63, 3.8) is 0 Å².